The molecule has 5 heteroatoms. The Balaban J connectivity index is 2.33. The number of carbonyl (C=O) groups is 1. The number of thioether (sulfide) groups is 2. The number of para-hydroxylation sites is 1. The number of hydrogen-bond acceptors (Lipinski definition) is 4. The number of hydrogen-bond donors (Lipinski definition) is 0. The summed E-state index contributed by atoms with van der Waals surface area (Å²) in [5, 5.41) is -0.217. The molecule has 152 valence electrons. The molecule has 2 rings (SSSR count). The molecule has 1 aliphatic rings. The van der Waals surface area contributed by atoms with Crippen molar-refractivity contribution >= 4 is 46.1 Å². The third kappa shape index (κ3) is 6.61. The SMILES string of the molecule is CCCC(C(=O)Cl)N(CCC1SCCCCS1)c1c(CC)cccc1CC. The first-order chi connectivity index (χ1) is 13.1. The molecule has 1 aliphatic heterocycles. The van der Waals surface area contributed by atoms with Crippen LogP contribution in [0, 0.1) is 0 Å². The van der Waals surface area contributed by atoms with Gasteiger partial charge < -0.3 is 4.90 Å². The Morgan fingerprint density at radius 3 is 2.22 bits per heavy atom. The lowest BCUT2D eigenvalue weighted by atomic mass is 9.99. The lowest BCUT2D eigenvalue weighted by Crippen LogP contribution is -2.42. The van der Waals surface area contributed by atoms with Crippen LogP contribution in [-0.2, 0) is 17.6 Å². The molecule has 0 bridgehead atoms. The molecule has 1 unspecified atom stereocenters. The summed E-state index contributed by atoms with van der Waals surface area (Å²) < 4.78 is 0.626. The van der Waals surface area contributed by atoms with Crippen LogP contribution in [0.25, 0.3) is 0 Å². The highest BCUT2D eigenvalue weighted by atomic mass is 35.5. The van der Waals surface area contributed by atoms with E-state index in [0.29, 0.717) is 4.58 Å². The van der Waals surface area contributed by atoms with Crippen molar-refractivity contribution in [3.63, 3.8) is 0 Å². The van der Waals surface area contributed by atoms with E-state index in [-0.39, 0.29) is 11.3 Å². The van der Waals surface area contributed by atoms with E-state index in [1.807, 2.05) is 0 Å². The van der Waals surface area contributed by atoms with E-state index in [2.05, 4.69) is 67.4 Å². The summed E-state index contributed by atoms with van der Waals surface area (Å²) in [6.07, 6.45) is 7.48. The fourth-order valence-corrected chi connectivity index (χ4v) is 6.77. The molecule has 1 atom stereocenters. The number of anilines is 1. The Labute approximate surface area is 179 Å². The van der Waals surface area contributed by atoms with E-state index in [1.165, 1.54) is 41.2 Å². The molecule has 27 heavy (non-hydrogen) atoms. The third-order valence-electron chi connectivity index (χ3n) is 5.20. The molecule has 1 aromatic carbocycles. The van der Waals surface area contributed by atoms with Crippen LogP contribution in [0.4, 0.5) is 5.69 Å². The molecule has 0 radical (unpaired) electrons. The highest BCUT2D eigenvalue weighted by Crippen LogP contribution is 2.35. The van der Waals surface area contributed by atoms with E-state index < -0.39 is 0 Å². The van der Waals surface area contributed by atoms with E-state index >= 15 is 0 Å². The van der Waals surface area contributed by atoms with Gasteiger partial charge in [-0.1, -0.05) is 45.4 Å². The number of benzene rings is 1. The first-order valence-electron chi connectivity index (χ1n) is 10.4. The smallest absolute Gasteiger partial charge is 0.244 e. The molecule has 2 nitrogen and oxygen atoms in total. The maximum absolute atomic E-state index is 12.4. The van der Waals surface area contributed by atoms with Crippen molar-refractivity contribution in [1.82, 2.24) is 0 Å². The Hall–Kier alpha value is -0.320. The van der Waals surface area contributed by atoms with Crippen LogP contribution in [0.1, 0.15) is 64.0 Å². The van der Waals surface area contributed by atoms with Crippen molar-refractivity contribution in [3.8, 4) is 0 Å². The van der Waals surface area contributed by atoms with Gasteiger partial charge in [-0.2, -0.15) is 0 Å². The van der Waals surface area contributed by atoms with Crippen molar-refractivity contribution in [1.29, 1.82) is 0 Å². The molecule has 0 N–H and O–H groups in total. The predicted octanol–water partition coefficient (Wildman–Crippen LogP) is 6.53. The quantitative estimate of drug-likeness (QED) is 0.395. The summed E-state index contributed by atoms with van der Waals surface area (Å²) in [7, 11) is 0. The van der Waals surface area contributed by atoms with Crippen molar-refractivity contribution < 1.29 is 4.79 Å². The lowest BCUT2D eigenvalue weighted by Gasteiger charge is -2.35. The van der Waals surface area contributed by atoms with Crippen LogP contribution >= 0.6 is 35.1 Å². The van der Waals surface area contributed by atoms with Gasteiger partial charge in [-0.3, -0.25) is 4.79 Å². The minimum Gasteiger partial charge on any atom is -0.360 e. The van der Waals surface area contributed by atoms with Gasteiger partial charge in [0.05, 0.1) is 4.58 Å². The normalized spacial score (nSPS) is 16.7. The van der Waals surface area contributed by atoms with Gasteiger partial charge in [0.1, 0.15) is 6.04 Å². The standard InChI is InChI=1S/C22H34ClNOS2/c1-4-10-19(22(23)25)24(14-13-20-26-15-7-8-16-27-20)21-17(5-2)11-9-12-18(21)6-3/h9,11-12,19-20H,4-8,10,13-16H2,1-3H3. The van der Waals surface area contributed by atoms with E-state index in [1.54, 1.807) is 0 Å². The summed E-state index contributed by atoms with van der Waals surface area (Å²) in [5.74, 6) is 2.52. The van der Waals surface area contributed by atoms with Crippen LogP contribution < -0.4 is 4.90 Å². The highest BCUT2D eigenvalue weighted by molar-refractivity contribution is 8.17. The molecule has 0 saturated carbocycles. The van der Waals surface area contributed by atoms with Crippen molar-refractivity contribution in [3.05, 3.63) is 29.3 Å². The number of aryl methyl sites for hydroxylation is 2. The first-order valence-corrected chi connectivity index (χ1v) is 12.9. The number of halogens is 1. The molecular formula is C22H34ClNOS2. The average molecular weight is 428 g/mol. The number of nitrogens with zero attached hydrogens (tertiary/aromatic N) is 1. The van der Waals surface area contributed by atoms with Crippen LogP contribution in [0.5, 0.6) is 0 Å². The maximum atomic E-state index is 12.4. The lowest BCUT2D eigenvalue weighted by molar-refractivity contribution is -0.113. The molecule has 0 amide bonds. The predicted molar refractivity (Wildman–Crippen MR) is 125 cm³/mol. The van der Waals surface area contributed by atoms with Crippen molar-refractivity contribution in [2.75, 3.05) is 23.0 Å². The zero-order valence-electron chi connectivity index (χ0n) is 17.0. The van der Waals surface area contributed by atoms with E-state index in [4.69, 9.17) is 11.6 Å². The maximum Gasteiger partial charge on any atom is 0.244 e. The molecule has 1 saturated heterocycles. The number of rotatable bonds is 10. The summed E-state index contributed by atoms with van der Waals surface area (Å²) in [4.78, 5) is 14.7. The van der Waals surface area contributed by atoms with Gasteiger partial charge in [-0.15, -0.1) is 23.5 Å². The fourth-order valence-electron chi connectivity index (χ4n) is 3.77. The molecule has 0 aliphatic carbocycles. The molecule has 1 heterocycles. The first kappa shape index (κ1) is 23.0. The topological polar surface area (TPSA) is 20.3 Å². The van der Waals surface area contributed by atoms with Crippen LogP contribution in [-0.4, -0.2) is 33.9 Å². The van der Waals surface area contributed by atoms with Crippen LogP contribution in [0.3, 0.4) is 0 Å². The minimum absolute atomic E-state index is 0.217. The van der Waals surface area contributed by atoms with E-state index in [9.17, 15) is 4.79 Å². The average Bonchev–Trinajstić information content (AvgIpc) is 2.95. The molecule has 1 fully saturated rings. The summed E-state index contributed by atoms with van der Waals surface area (Å²) in [5.41, 5.74) is 3.92. The Morgan fingerprint density at radius 1 is 1.15 bits per heavy atom. The van der Waals surface area contributed by atoms with Gasteiger partial charge in [0.15, 0.2) is 0 Å². The van der Waals surface area contributed by atoms with E-state index in [0.717, 1.165) is 38.6 Å². The summed E-state index contributed by atoms with van der Waals surface area (Å²) in [6.45, 7) is 7.43. The Kier molecular flexibility index (Phi) is 10.4. The van der Waals surface area contributed by atoms with Crippen LogP contribution in [0.2, 0.25) is 0 Å². The monoisotopic (exact) mass is 427 g/mol. The molecule has 0 spiro atoms. The number of carbonyl (C=O) groups excluding carboxylic acids is 1. The van der Waals surface area contributed by atoms with Gasteiger partial charge in [0, 0.05) is 12.2 Å². The largest absolute Gasteiger partial charge is 0.360 e. The second-order valence-corrected chi connectivity index (χ2v) is 10.4. The second-order valence-electron chi connectivity index (χ2n) is 7.10. The van der Waals surface area contributed by atoms with Gasteiger partial charge in [-0.25, -0.2) is 0 Å². The van der Waals surface area contributed by atoms with Crippen molar-refractivity contribution in [2.24, 2.45) is 0 Å². The third-order valence-corrected chi connectivity index (χ3v) is 8.54. The second kappa shape index (κ2) is 12.3. The highest BCUT2D eigenvalue weighted by Gasteiger charge is 2.28. The van der Waals surface area contributed by atoms with Gasteiger partial charge in [-0.05, 0) is 72.8 Å². The Morgan fingerprint density at radius 2 is 1.74 bits per heavy atom. The Bertz CT molecular complexity index is 565. The molecule has 1 aromatic rings. The molecule has 0 aromatic heterocycles. The fraction of sp³-hybridized carbons (Fsp3) is 0.682. The van der Waals surface area contributed by atoms with Gasteiger partial charge >= 0.3 is 0 Å². The van der Waals surface area contributed by atoms with Crippen LogP contribution in [0.15, 0.2) is 18.2 Å². The van der Waals surface area contributed by atoms with Gasteiger partial charge in [0.25, 0.3) is 0 Å². The zero-order chi connectivity index (χ0) is 19.6. The van der Waals surface area contributed by atoms with Gasteiger partial charge in [0.2, 0.25) is 5.24 Å². The van der Waals surface area contributed by atoms with Crippen molar-refractivity contribution in [2.45, 2.75) is 76.3 Å². The zero-order valence-corrected chi connectivity index (χ0v) is 19.4. The minimum atomic E-state index is -0.226. The summed E-state index contributed by atoms with van der Waals surface area (Å²) in [6, 6.07) is 6.33. The summed E-state index contributed by atoms with van der Waals surface area (Å²) >= 11 is 10.3. The molecular weight excluding hydrogens is 394 g/mol.